The number of nitrogens with zero attached hydrogens (tertiary/aromatic N) is 1. The molecule has 0 aliphatic rings. The molecule has 0 aliphatic carbocycles. The van der Waals surface area contributed by atoms with Crippen molar-refractivity contribution in [2.24, 2.45) is 0 Å². The Bertz CT molecular complexity index is 224. The highest BCUT2D eigenvalue weighted by Crippen LogP contribution is 1.90. The van der Waals surface area contributed by atoms with Crippen molar-refractivity contribution >= 4 is 17.8 Å². The van der Waals surface area contributed by atoms with Gasteiger partial charge in [-0.2, -0.15) is 0 Å². The fourth-order valence-electron chi connectivity index (χ4n) is 0.947. The highest BCUT2D eigenvalue weighted by molar-refractivity contribution is 5.77. The summed E-state index contributed by atoms with van der Waals surface area (Å²) in [6.07, 6.45) is 0. The Kier molecular flexibility index (Phi) is 7.06. The Labute approximate surface area is 93.7 Å². The molecule has 0 saturated heterocycles. The van der Waals surface area contributed by atoms with E-state index in [1.54, 1.807) is 0 Å². The predicted molar refractivity (Wildman–Crippen MR) is 52.8 cm³/mol. The number of rotatable bonds is 6. The molecule has 0 heterocycles. The Morgan fingerprint density at radius 2 is 1.50 bits per heavy atom. The van der Waals surface area contributed by atoms with E-state index >= 15 is 0 Å². The summed E-state index contributed by atoms with van der Waals surface area (Å²) in [6, 6.07) is 0. The molecule has 0 aromatic rings. The summed E-state index contributed by atoms with van der Waals surface area (Å²) in [5, 5.41) is 1.13. The van der Waals surface area contributed by atoms with Gasteiger partial charge < -0.3 is 14.8 Å². The van der Waals surface area contributed by atoms with Crippen LogP contribution in [0.2, 0.25) is 0 Å². The molecule has 0 atom stereocenters. The van der Waals surface area contributed by atoms with Crippen LogP contribution in [0.5, 0.6) is 0 Å². The predicted octanol–water partition coefficient (Wildman–Crippen LogP) is -2.48. The molecule has 0 bridgehead atoms. The second kappa shape index (κ2) is 7.77. The zero-order valence-corrected chi connectivity index (χ0v) is 9.39. The van der Waals surface area contributed by atoms with Gasteiger partial charge in [0.25, 0.3) is 5.91 Å². The van der Waals surface area contributed by atoms with Crippen molar-refractivity contribution in [3.05, 3.63) is 7.05 Å². The number of primary amides is 1. The van der Waals surface area contributed by atoms with Crippen LogP contribution in [0, 0.1) is 7.05 Å². The third-order valence-electron chi connectivity index (χ3n) is 1.77. The molecule has 0 unspecified atom stereocenters. The van der Waals surface area contributed by atoms with E-state index in [4.69, 9.17) is 0 Å². The maximum atomic E-state index is 11.1. The summed E-state index contributed by atoms with van der Waals surface area (Å²) < 4.78 is 8.88. The topological polar surface area (TPSA) is 89.5 Å². The van der Waals surface area contributed by atoms with Gasteiger partial charge in [-0.25, -0.2) is 4.79 Å². The molecule has 92 valence electrons. The SMILES string of the molecule is [CH2-][NH2+]C(=O)CN(CC(=O)OC)CC(=O)OC. The maximum absolute atomic E-state index is 11.1. The molecule has 0 aliphatic heterocycles. The minimum atomic E-state index is -0.527. The van der Waals surface area contributed by atoms with Crippen molar-refractivity contribution in [1.82, 2.24) is 4.90 Å². The molecule has 16 heavy (non-hydrogen) atoms. The van der Waals surface area contributed by atoms with Crippen molar-refractivity contribution in [2.75, 3.05) is 33.9 Å². The lowest BCUT2D eigenvalue weighted by molar-refractivity contribution is -0.507. The van der Waals surface area contributed by atoms with Crippen molar-refractivity contribution in [3.8, 4) is 0 Å². The van der Waals surface area contributed by atoms with Crippen LogP contribution in [0.3, 0.4) is 0 Å². The summed E-state index contributed by atoms with van der Waals surface area (Å²) in [5.41, 5.74) is 0. The molecular weight excluding hydrogens is 216 g/mol. The number of carbonyl (C=O) groups excluding carboxylic acids is 3. The largest absolute Gasteiger partial charge is 0.468 e. The van der Waals surface area contributed by atoms with Gasteiger partial charge >= 0.3 is 11.9 Å². The van der Waals surface area contributed by atoms with Crippen LogP contribution < -0.4 is 5.32 Å². The van der Waals surface area contributed by atoms with Crippen LogP contribution in [0.4, 0.5) is 0 Å². The zero-order chi connectivity index (χ0) is 12.6. The van der Waals surface area contributed by atoms with E-state index in [0.29, 0.717) is 0 Å². The van der Waals surface area contributed by atoms with Crippen LogP contribution in [0.25, 0.3) is 0 Å². The van der Waals surface area contributed by atoms with E-state index < -0.39 is 11.9 Å². The summed E-state index contributed by atoms with van der Waals surface area (Å²) in [6.45, 7) is -0.371. The molecule has 7 nitrogen and oxygen atoms in total. The van der Waals surface area contributed by atoms with E-state index in [9.17, 15) is 14.4 Å². The molecule has 0 saturated carbocycles. The van der Waals surface area contributed by atoms with Crippen molar-refractivity contribution in [1.29, 1.82) is 0 Å². The van der Waals surface area contributed by atoms with E-state index in [-0.39, 0.29) is 25.5 Å². The number of nitrogens with two attached hydrogens (primary N) is 1. The first kappa shape index (κ1) is 14.5. The molecule has 2 N–H and O–H groups in total. The van der Waals surface area contributed by atoms with Crippen LogP contribution in [-0.4, -0.2) is 56.6 Å². The van der Waals surface area contributed by atoms with Crippen LogP contribution in [-0.2, 0) is 23.9 Å². The fraction of sp³-hybridized carbons (Fsp3) is 0.556. The van der Waals surface area contributed by atoms with Crippen LogP contribution in [0.1, 0.15) is 0 Å². The highest BCUT2D eigenvalue weighted by Gasteiger charge is 2.18. The van der Waals surface area contributed by atoms with E-state index in [1.807, 2.05) is 0 Å². The maximum Gasteiger partial charge on any atom is 0.319 e. The molecular formula is C9H16N2O5. The monoisotopic (exact) mass is 232 g/mol. The van der Waals surface area contributed by atoms with Crippen LogP contribution >= 0.6 is 0 Å². The van der Waals surface area contributed by atoms with E-state index in [1.165, 1.54) is 19.1 Å². The number of carbonyl (C=O) groups is 3. The Morgan fingerprint density at radius 1 is 1.06 bits per heavy atom. The van der Waals surface area contributed by atoms with E-state index in [2.05, 4.69) is 16.5 Å². The highest BCUT2D eigenvalue weighted by atomic mass is 16.5. The molecule has 1 amide bonds. The molecule has 0 radical (unpaired) electrons. The lowest BCUT2D eigenvalue weighted by atomic mass is 10.4. The van der Waals surface area contributed by atoms with Gasteiger partial charge in [0.2, 0.25) is 0 Å². The lowest BCUT2D eigenvalue weighted by Gasteiger charge is -2.17. The van der Waals surface area contributed by atoms with Gasteiger partial charge in [0.1, 0.15) is 6.54 Å². The Balaban J connectivity index is 4.31. The molecule has 7 heteroatoms. The number of ether oxygens (including phenoxy) is 2. The summed E-state index contributed by atoms with van der Waals surface area (Å²) >= 11 is 0. The number of esters is 2. The molecule has 0 aromatic heterocycles. The molecule has 0 fully saturated rings. The van der Waals surface area contributed by atoms with Gasteiger partial charge in [0.15, 0.2) is 0 Å². The Morgan fingerprint density at radius 3 is 1.81 bits per heavy atom. The average molecular weight is 232 g/mol. The van der Waals surface area contributed by atoms with E-state index in [0.717, 1.165) is 5.32 Å². The minimum Gasteiger partial charge on any atom is -0.468 e. The molecule has 0 rings (SSSR count). The van der Waals surface area contributed by atoms with Gasteiger partial charge in [0.05, 0.1) is 27.3 Å². The minimum absolute atomic E-state index is 0.0757. The van der Waals surface area contributed by atoms with Crippen molar-refractivity contribution in [3.63, 3.8) is 0 Å². The van der Waals surface area contributed by atoms with Crippen molar-refractivity contribution < 1.29 is 29.2 Å². The zero-order valence-electron chi connectivity index (χ0n) is 9.39. The third-order valence-corrected chi connectivity index (χ3v) is 1.77. The van der Waals surface area contributed by atoms with Crippen LogP contribution in [0.15, 0.2) is 0 Å². The third kappa shape index (κ3) is 6.10. The first-order chi connectivity index (χ1) is 7.53. The van der Waals surface area contributed by atoms with Gasteiger partial charge in [-0.1, -0.05) is 0 Å². The number of amides is 1. The average Bonchev–Trinajstić information content (AvgIpc) is 2.28. The van der Waals surface area contributed by atoms with Crippen molar-refractivity contribution in [2.45, 2.75) is 0 Å². The normalized spacial score (nSPS) is 10.0. The second-order valence-corrected chi connectivity index (χ2v) is 2.97. The lowest BCUT2D eigenvalue weighted by Crippen LogP contribution is -2.83. The quantitative estimate of drug-likeness (QED) is 0.403. The van der Waals surface area contributed by atoms with Gasteiger partial charge in [-0.15, -0.1) is 7.05 Å². The second-order valence-electron chi connectivity index (χ2n) is 2.97. The number of methoxy groups -OCH3 is 2. The van der Waals surface area contributed by atoms with Gasteiger partial charge in [-0.05, 0) is 0 Å². The number of hydrogen-bond donors (Lipinski definition) is 1. The van der Waals surface area contributed by atoms with Gasteiger partial charge in [0, 0.05) is 0 Å². The first-order valence-electron chi connectivity index (χ1n) is 4.54. The smallest absolute Gasteiger partial charge is 0.319 e. The molecule has 0 spiro atoms. The summed E-state index contributed by atoms with van der Waals surface area (Å²) in [4.78, 5) is 34.4. The Hall–Kier alpha value is -1.47. The number of hydrogen-bond acceptors (Lipinski definition) is 6. The first-order valence-corrected chi connectivity index (χ1v) is 4.54. The fourth-order valence-corrected chi connectivity index (χ4v) is 0.947. The molecule has 0 aromatic carbocycles. The van der Waals surface area contributed by atoms with Gasteiger partial charge in [-0.3, -0.25) is 14.5 Å². The number of quaternary nitrogens is 1. The standard InChI is InChI=1S/C9H16N2O5/c1-10-7(12)4-11(5-8(13)15-2)6-9(14)16-3/h1,4-6,10H2,2-3H3. The summed E-state index contributed by atoms with van der Waals surface area (Å²) in [7, 11) is 5.76. The summed E-state index contributed by atoms with van der Waals surface area (Å²) in [5.74, 6) is -1.34.